The molecule has 2 heteroatoms. The van der Waals surface area contributed by atoms with Crippen molar-refractivity contribution in [1.82, 2.24) is 4.57 Å². The molecule has 14 heavy (non-hydrogen) atoms. The summed E-state index contributed by atoms with van der Waals surface area (Å²) in [5.74, 6) is 0. The quantitative estimate of drug-likeness (QED) is 0.700. The van der Waals surface area contributed by atoms with Gasteiger partial charge in [-0.2, -0.15) is 0 Å². The Morgan fingerprint density at radius 2 is 1.86 bits per heavy atom. The van der Waals surface area contributed by atoms with Crippen molar-refractivity contribution in [3.63, 3.8) is 0 Å². The van der Waals surface area contributed by atoms with Crippen LogP contribution in [0, 0.1) is 0 Å². The van der Waals surface area contributed by atoms with Gasteiger partial charge in [0.05, 0.1) is 0 Å². The van der Waals surface area contributed by atoms with Gasteiger partial charge in [0.1, 0.15) is 0 Å². The number of hydrogen-bond acceptors (Lipinski definition) is 0. The topological polar surface area (TPSA) is 4.93 Å². The van der Waals surface area contributed by atoms with Crippen molar-refractivity contribution in [3.05, 3.63) is 59.9 Å². The summed E-state index contributed by atoms with van der Waals surface area (Å²) >= 11 is 5.82. The number of hydrogen-bond donors (Lipinski definition) is 0. The molecule has 0 saturated heterocycles. The fourth-order valence-corrected chi connectivity index (χ4v) is 1.52. The van der Waals surface area contributed by atoms with E-state index in [1.54, 1.807) is 0 Å². The molecule has 0 atom stereocenters. The van der Waals surface area contributed by atoms with Gasteiger partial charge in [0.15, 0.2) is 0 Å². The first kappa shape index (κ1) is 9.10. The van der Waals surface area contributed by atoms with E-state index >= 15 is 0 Å². The molecule has 1 aromatic carbocycles. The lowest BCUT2D eigenvalue weighted by Crippen LogP contribution is -1.93. The van der Waals surface area contributed by atoms with Crippen LogP contribution >= 0.6 is 11.6 Å². The van der Waals surface area contributed by atoms with Gasteiger partial charge in [0, 0.05) is 22.6 Å². The van der Waals surface area contributed by atoms with Crippen molar-refractivity contribution in [1.29, 1.82) is 0 Å². The summed E-state index contributed by atoms with van der Waals surface area (Å²) in [6.07, 6.45) is 3.83. The van der Waals surface area contributed by atoms with Gasteiger partial charge >= 0.3 is 0 Å². The number of aromatic nitrogens is 1. The van der Waals surface area contributed by atoms with E-state index in [1.807, 2.05) is 48.7 Å². The zero-order valence-corrected chi connectivity index (χ0v) is 8.41. The van der Waals surface area contributed by atoms with Crippen molar-refractivity contribution in [3.8, 4) is 5.69 Å². The highest BCUT2D eigenvalue weighted by molar-refractivity contribution is 6.30. The lowest BCUT2D eigenvalue weighted by molar-refractivity contribution is 1.06. The average molecular weight is 204 g/mol. The Kier molecular flexibility index (Phi) is 2.42. The summed E-state index contributed by atoms with van der Waals surface area (Å²) < 4.78 is 2.06. The fourth-order valence-electron chi connectivity index (χ4n) is 1.40. The Morgan fingerprint density at radius 3 is 2.50 bits per heavy atom. The molecule has 0 unspecified atom stereocenters. The highest BCUT2D eigenvalue weighted by Gasteiger charge is 1.98. The Bertz CT molecular complexity index is 440. The third-order valence-corrected chi connectivity index (χ3v) is 2.35. The van der Waals surface area contributed by atoms with Crippen LogP contribution in [-0.4, -0.2) is 4.57 Å². The first-order chi connectivity index (χ1) is 6.81. The van der Waals surface area contributed by atoms with Crippen molar-refractivity contribution in [2.75, 3.05) is 0 Å². The molecule has 2 rings (SSSR count). The second kappa shape index (κ2) is 3.72. The largest absolute Gasteiger partial charge is 0.317 e. The molecule has 0 N–H and O–H groups in total. The van der Waals surface area contributed by atoms with Crippen LogP contribution < -0.4 is 0 Å². The molecular weight excluding hydrogens is 194 g/mol. The van der Waals surface area contributed by atoms with Crippen LogP contribution in [-0.2, 0) is 0 Å². The minimum atomic E-state index is 0.751. The van der Waals surface area contributed by atoms with E-state index in [2.05, 4.69) is 11.1 Å². The first-order valence-corrected chi connectivity index (χ1v) is 4.75. The highest BCUT2D eigenvalue weighted by Crippen LogP contribution is 2.16. The van der Waals surface area contributed by atoms with Gasteiger partial charge in [-0.1, -0.05) is 18.2 Å². The van der Waals surface area contributed by atoms with E-state index in [9.17, 15) is 0 Å². The van der Waals surface area contributed by atoms with Gasteiger partial charge < -0.3 is 4.57 Å². The van der Waals surface area contributed by atoms with Crippen molar-refractivity contribution < 1.29 is 0 Å². The molecule has 0 saturated carbocycles. The second-order valence-corrected chi connectivity index (χ2v) is 3.42. The SMILES string of the molecule is C=Cc1cccn1-c1ccc(Cl)cc1. The lowest BCUT2D eigenvalue weighted by atomic mass is 10.3. The predicted molar refractivity (Wildman–Crippen MR) is 60.9 cm³/mol. The summed E-state index contributed by atoms with van der Waals surface area (Å²) in [7, 11) is 0. The van der Waals surface area contributed by atoms with Gasteiger partial charge in [-0.25, -0.2) is 0 Å². The molecule has 0 aliphatic carbocycles. The van der Waals surface area contributed by atoms with Gasteiger partial charge in [-0.05, 0) is 42.5 Å². The van der Waals surface area contributed by atoms with Crippen LogP contribution in [0.1, 0.15) is 5.69 Å². The molecule has 1 heterocycles. The number of halogens is 1. The van der Waals surface area contributed by atoms with E-state index in [0.29, 0.717) is 0 Å². The molecular formula is C12H10ClN. The van der Waals surface area contributed by atoms with Crippen molar-refractivity contribution >= 4 is 17.7 Å². The summed E-state index contributed by atoms with van der Waals surface area (Å²) in [6, 6.07) is 11.7. The zero-order chi connectivity index (χ0) is 9.97. The van der Waals surface area contributed by atoms with E-state index in [4.69, 9.17) is 11.6 Å². The molecule has 0 bridgehead atoms. The molecule has 0 aliphatic heterocycles. The van der Waals surface area contributed by atoms with E-state index < -0.39 is 0 Å². The average Bonchev–Trinajstić information content (AvgIpc) is 2.67. The Balaban J connectivity index is 2.49. The third kappa shape index (κ3) is 1.59. The normalized spacial score (nSPS) is 10.1. The molecule has 2 aromatic rings. The second-order valence-electron chi connectivity index (χ2n) is 2.98. The maximum absolute atomic E-state index is 5.82. The monoisotopic (exact) mass is 203 g/mol. The molecule has 0 amide bonds. The van der Waals surface area contributed by atoms with E-state index in [1.165, 1.54) is 0 Å². The Labute approximate surface area is 88.3 Å². The van der Waals surface area contributed by atoms with Crippen LogP contribution in [0.15, 0.2) is 49.2 Å². The summed E-state index contributed by atoms with van der Waals surface area (Å²) in [5, 5.41) is 0.751. The number of nitrogens with zero attached hydrogens (tertiary/aromatic N) is 1. The third-order valence-electron chi connectivity index (χ3n) is 2.09. The minimum absolute atomic E-state index is 0.751. The van der Waals surface area contributed by atoms with Crippen LogP contribution in [0.2, 0.25) is 5.02 Å². The molecule has 0 fully saturated rings. The maximum atomic E-state index is 5.82. The summed E-state index contributed by atoms with van der Waals surface area (Å²) in [5.41, 5.74) is 2.17. The van der Waals surface area contributed by atoms with Crippen LogP contribution in [0.4, 0.5) is 0 Å². The van der Waals surface area contributed by atoms with E-state index in [0.717, 1.165) is 16.4 Å². The summed E-state index contributed by atoms with van der Waals surface area (Å²) in [4.78, 5) is 0. The molecule has 1 nitrogen and oxygen atoms in total. The van der Waals surface area contributed by atoms with Gasteiger partial charge in [-0.3, -0.25) is 0 Å². The zero-order valence-electron chi connectivity index (χ0n) is 7.65. The van der Waals surface area contributed by atoms with Crippen LogP contribution in [0.25, 0.3) is 11.8 Å². The van der Waals surface area contributed by atoms with Gasteiger partial charge in [0.25, 0.3) is 0 Å². The molecule has 0 radical (unpaired) electrons. The smallest absolute Gasteiger partial charge is 0.0456 e. The molecule has 70 valence electrons. The van der Waals surface area contributed by atoms with Crippen molar-refractivity contribution in [2.45, 2.75) is 0 Å². The number of rotatable bonds is 2. The maximum Gasteiger partial charge on any atom is 0.0456 e. The van der Waals surface area contributed by atoms with Crippen molar-refractivity contribution in [2.24, 2.45) is 0 Å². The molecule has 1 aromatic heterocycles. The predicted octanol–water partition coefficient (Wildman–Crippen LogP) is 3.77. The molecule has 0 aliphatic rings. The summed E-state index contributed by atoms with van der Waals surface area (Å²) in [6.45, 7) is 3.76. The highest BCUT2D eigenvalue weighted by atomic mass is 35.5. The standard InChI is InChI=1S/C12H10ClN/c1-2-11-4-3-9-14(11)12-7-5-10(13)6-8-12/h2-9H,1H2. The molecule has 0 spiro atoms. The van der Waals surface area contributed by atoms with Gasteiger partial charge in [0.2, 0.25) is 0 Å². The first-order valence-electron chi connectivity index (χ1n) is 4.37. The Morgan fingerprint density at radius 1 is 1.14 bits per heavy atom. The van der Waals surface area contributed by atoms with Crippen LogP contribution in [0.3, 0.4) is 0 Å². The van der Waals surface area contributed by atoms with E-state index in [-0.39, 0.29) is 0 Å². The van der Waals surface area contributed by atoms with Gasteiger partial charge in [-0.15, -0.1) is 0 Å². The fraction of sp³-hybridized carbons (Fsp3) is 0. The number of benzene rings is 1. The lowest BCUT2D eigenvalue weighted by Gasteiger charge is -2.05. The minimum Gasteiger partial charge on any atom is -0.317 e. The van der Waals surface area contributed by atoms with Crippen LogP contribution in [0.5, 0.6) is 0 Å². The Hall–Kier alpha value is -1.47.